The summed E-state index contributed by atoms with van der Waals surface area (Å²) < 4.78 is 0. The molecule has 124 valence electrons. The fourth-order valence-electron chi connectivity index (χ4n) is 1.96. The SMILES string of the molecule is CC(NC(=O)c1ccc(Nc2ccccc2)c([N+](=O)[O-])c1)C(N)=O. The van der Waals surface area contributed by atoms with Crippen molar-refractivity contribution in [1.29, 1.82) is 0 Å². The molecular weight excluding hydrogens is 312 g/mol. The Balaban J connectivity index is 2.28. The first-order valence-electron chi connectivity index (χ1n) is 7.09. The highest BCUT2D eigenvalue weighted by molar-refractivity contribution is 5.98. The summed E-state index contributed by atoms with van der Waals surface area (Å²) >= 11 is 0. The topological polar surface area (TPSA) is 127 Å². The molecule has 0 aliphatic heterocycles. The zero-order chi connectivity index (χ0) is 17.7. The summed E-state index contributed by atoms with van der Waals surface area (Å²) in [6.45, 7) is 1.43. The van der Waals surface area contributed by atoms with Crippen LogP contribution in [-0.2, 0) is 4.79 Å². The highest BCUT2D eigenvalue weighted by Gasteiger charge is 2.19. The van der Waals surface area contributed by atoms with Crippen LogP contribution in [0.3, 0.4) is 0 Å². The number of hydrogen-bond acceptors (Lipinski definition) is 5. The average Bonchev–Trinajstić information content (AvgIpc) is 2.55. The van der Waals surface area contributed by atoms with Crippen LogP contribution in [0.5, 0.6) is 0 Å². The van der Waals surface area contributed by atoms with Gasteiger partial charge in [-0.1, -0.05) is 18.2 Å². The van der Waals surface area contributed by atoms with Crippen molar-refractivity contribution in [2.24, 2.45) is 5.73 Å². The number of nitrogens with two attached hydrogens (primary N) is 1. The Morgan fingerprint density at radius 1 is 1.17 bits per heavy atom. The minimum Gasteiger partial charge on any atom is -0.368 e. The number of benzene rings is 2. The van der Waals surface area contributed by atoms with Gasteiger partial charge in [0.2, 0.25) is 5.91 Å². The lowest BCUT2D eigenvalue weighted by Gasteiger charge is -2.11. The number of amides is 2. The van der Waals surface area contributed by atoms with Gasteiger partial charge in [0.1, 0.15) is 11.7 Å². The number of hydrogen-bond donors (Lipinski definition) is 3. The van der Waals surface area contributed by atoms with E-state index in [1.165, 1.54) is 19.1 Å². The number of primary amides is 1. The van der Waals surface area contributed by atoms with Gasteiger partial charge in [0.05, 0.1) is 4.92 Å². The molecule has 0 spiro atoms. The van der Waals surface area contributed by atoms with E-state index in [2.05, 4.69) is 10.6 Å². The van der Waals surface area contributed by atoms with Crippen molar-refractivity contribution < 1.29 is 14.5 Å². The Kier molecular flexibility index (Phi) is 5.10. The van der Waals surface area contributed by atoms with Crippen LogP contribution in [0.15, 0.2) is 48.5 Å². The summed E-state index contributed by atoms with van der Waals surface area (Å²) in [5, 5.41) is 16.6. The second kappa shape index (κ2) is 7.23. The third kappa shape index (κ3) is 4.07. The van der Waals surface area contributed by atoms with E-state index in [0.717, 1.165) is 6.07 Å². The number of anilines is 2. The van der Waals surface area contributed by atoms with Crippen molar-refractivity contribution in [3.05, 3.63) is 64.2 Å². The first kappa shape index (κ1) is 16.9. The van der Waals surface area contributed by atoms with Crippen LogP contribution in [0.2, 0.25) is 0 Å². The van der Waals surface area contributed by atoms with Crippen molar-refractivity contribution in [3.8, 4) is 0 Å². The minimum absolute atomic E-state index is 0.0633. The molecule has 4 N–H and O–H groups in total. The van der Waals surface area contributed by atoms with E-state index in [-0.39, 0.29) is 16.9 Å². The summed E-state index contributed by atoms with van der Waals surface area (Å²) in [6, 6.07) is 12.1. The van der Waals surface area contributed by atoms with Gasteiger partial charge in [0.15, 0.2) is 0 Å². The molecule has 2 amide bonds. The number of nitrogens with one attached hydrogen (secondary N) is 2. The standard InChI is InChI=1S/C16H16N4O4/c1-10(15(17)21)18-16(22)11-7-8-13(14(9-11)20(23)24)19-12-5-3-2-4-6-12/h2-10,19H,1H3,(H2,17,21)(H,18,22). The van der Waals surface area contributed by atoms with Crippen molar-refractivity contribution in [1.82, 2.24) is 5.32 Å². The predicted molar refractivity (Wildman–Crippen MR) is 88.9 cm³/mol. The largest absolute Gasteiger partial charge is 0.368 e. The number of nitro benzene ring substituents is 1. The van der Waals surface area contributed by atoms with E-state index < -0.39 is 22.8 Å². The molecule has 0 aromatic heterocycles. The van der Waals surface area contributed by atoms with Crippen LogP contribution < -0.4 is 16.4 Å². The van der Waals surface area contributed by atoms with Crippen molar-refractivity contribution >= 4 is 28.9 Å². The van der Waals surface area contributed by atoms with Gasteiger partial charge >= 0.3 is 0 Å². The molecule has 0 heterocycles. The van der Waals surface area contributed by atoms with Gasteiger partial charge in [-0.15, -0.1) is 0 Å². The van der Waals surface area contributed by atoms with E-state index in [0.29, 0.717) is 5.69 Å². The molecule has 8 nitrogen and oxygen atoms in total. The van der Waals surface area contributed by atoms with Gasteiger partial charge in [0.25, 0.3) is 11.6 Å². The minimum atomic E-state index is -0.876. The average molecular weight is 328 g/mol. The number of nitro groups is 1. The highest BCUT2D eigenvalue weighted by Crippen LogP contribution is 2.28. The number of carbonyl (C=O) groups excluding carboxylic acids is 2. The lowest BCUT2D eigenvalue weighted by Crippen LogP contribution is -2.42. The molecule has 0 bridgehead atoms. The predicted octanol–water partition coefficient (Wildman–Crippen LogP) is 1.94. The van der Waals surface area contributed by atoms with Gasteiger partial charge in [-0.2, -0.15) is 0 Å². The van der Waals surface area contributed by atoms with E-state index in [4.69, 9.17) is 5.73 Å². The Hall–Kier alpha value is -3.42. The molecule has 1 unspecified atom stereocenters. The van der Waals surface area contributed by atoms with E-state index in [1.54, 1.807) is 24.3 Å². The molecular formula is C16H16N4O4. The second-order valence-electron chi connectivity index (χ2n) is 5.08. The van der Waals surface area contributed by atoms with Crippen molar-refractivity contribution in [2.75, 3.05) is 5.32 Å². The Labute approximate surface area is 137 Å². The zero-order valence-electron chi connectivity index (χ0n) is 12.9. The van der Waals surface area contributed by atoms with Gasteiger partial charge in [0, 0.05) is 17.3 Å². The maximum absolute atomic E-state index is 12.0. The summed E-state index contributed by atoms with van der Waals surface area (Å²) in [4.78, 5) is 33.7. The monoisotopic (exact) mass is 328 g/mol. The normalized spacial score (nSPS) is 11.4. The zero-order valence-corrected chi connectivity index (χ0v) is 12.9. The number of carbonyl (C=O) groups is 2. The summed E-state index contributed by atoms with van der Waals surface area (Å²) in [5.74, 6) is -1.31. The molecule has 0 radical (unpaired) electrons. The molecule has 2 aromatic carbocycles. The molecule has 1 atom stereocenters. The fraction of sp³-hybridized carbons (Fsp3) is 0.125. The Morgan fingerprint density at radius 3 is 2.42 bits per heavy atom. The Morgan fingerprint density at radius 2 is 1.83 bits per heavy atom. The number of rotatable bonds is 6. The molecule has 0 aliphatic carbocycles. The molecule has 0 saturated heterocycles. The van der Waals surface area contributed by atoms with E-state index >= 15 is 0 Å². The van der Waals surface area contributed by atoms with Gasteiger partial charge in [-0.05, 0) is 31.2 Å². The molecule has 2 aromatic rings. The van der Waals surface area contributed by atoms with Crippen LogP contribution >= 0.6 is 0 Å². The van der Waals surface area contributed by atoms with E-state index in [9.17, 15) is 19.7 Å². The quantitative estimate of drug-likeness (QED) is 0.551. The fourth-order valence-corrected chi connectivity index (χ4v) is 1.96. The van der Waals surface area contributed by atoms with Crippen LogP contribution in [0, 0.1) is 10.1 Å². The number of nitrogens with zero attached hydrogens (tertiary/aromatic N) is 1. The molecule has 0 aliphatic rings. The van der Waals surface area contributed by atoms with E-state index in [1.807, 2.05) is 6.07 Å². The molecule has 2 rings (SSSR count). The van der Waals surface area contributed by atoms with Gasteiger partial charge in [-0.3, -0.25) is 19.7 Å². The van der Waals surface area contributed by atoms with Gasteiger partial charge in [-0.25, -0.2) is 0 Å². The van der Waals surface area contributed by atoms with Crippen LogP contribution in [0.4, 0.5) is 17.1 Å². The lowest BCUT2D eigenvalue weighted by atomic mass is 10.1. The maximum Gasteiger partial charge on any atom is 0.293 e. The summed E-state index contributed by atoms with van der Waals surface area (Å²) in [7, 11) is 0. The molecule has 8 heteroatoms. The third-order valence-corrected chi connectivity index (χ3v) is 3.28. The first-order valence-corrected chi connectivity index (χ1v) is 7.09. The molecule has 0 saturated carbocycles. The smallest absolute Gasteiger partial charge is 0.293 e. The van der Waals surface area contributed by atoms with Gasteiger partial charge < -0.3 is 16.4 Å². The van der Waals surface area contributed by atoms with Crippen LogP contribution in [0.25, 0.3) is 0 Å². The second-order valence-corrected chi connectivity index (χ2v) is 5.08. The number of para-hydroxylation sites is 1. The third-order valence-electron chi connectivity index (χ3n) is 3.28. The first-order chi connectivity index (χ1) is 11.4. The van der Waals surface area contributed by atoms with Crippen LogP contribution in [0.1, 0.15) is 17.3 Å². The molecule has 0 fully saturated rings. The summed E-state index contributed by atoms with van der Waals surface area (Å²) in [6.07, 6.45) is 0. The molecule has 24 heavy (non-hydrogen) atoms. The summed E-state index contributed by atoms with van der Waals surface area (Å²) in [5.41, 5.74) is 5.83. The maximum atomic E-state index is 12.0. The van der Waals surface area contributed by atoms with Crippen LogP contribution in [-0.4, -0.2) is 22.8 Å². The van der Waals surface area contributed by atoms with Crippen molar-refractivity contribution in [2.45, 2.75) is 13.0 Å². The lowest BCUT2D eigenvalue weighted by molar-refractivity contribution is -0.383. The Bertz CT molecular complexity index is 777. The van der Waals surface area contributed by atoms with Crippen molar-refractivity contribution in [3.63, 3.8) is 0 Å². The highest BCUT2D eigenvalue weighted by atomic mass is 16.6.